The lowest BCUT2D eigenvalue weighted by molar-refractivity contribution is 0.521. The van der Waals surface area contributed by atoms with Crippen LogP contribution in [0.15, 0.2) is 30.3 Å². The summed E-state index contributed by atoms with van der Waals surface area (Å²) in [5.41, 5.74) is 9.16. The molecule has 1 aromatic carbocycles. The molecule has 20 heavy (non-hydrogen) atoms. The van der Waals surface area contributed by atoms with Crippen molar-refractivity contribution in [1.29, 1.82) is 0 Å². The van der Waals surface area contributed by atoms with Crippen molar-refractivity contribution in [1.82, 2.24) is 4.98 Å². The summed E-state index contributed by atoms with van der Waals surface area (Å²) < 4.78 is 0. The maximum Gasteiger partial charge on any atom is 0.0726 e. The van der Waals surface area contributed by atoms with Crippen LogP contribution < -0.4 is 10.6 Å². The summed E-state index contributed by atoms with van der Waals surface area (Å²) in [6, 6.07) is 10.6. The van der Waals surface area contributed by atoms with Gasteiger partial charge in [0.25, 0.3) is 0 Å². The topological polar surface area (TPSA) is 42.1 Å². The van der Waals surface area contributed by atoms with Crippen LogP contribution in [0.4, 0.5) is 5.69 Å². The van der Waals surface area contributed by atoms with E-state index in [9.17, 15) is 0 Å². The monoisotopic (exact) mass is 269 g/mol. The van der Waals surface area contributed by atoms with Gasteiger partial charge in [-0.2, -0.15) is 0 Å². The van der Waals surface area contributed by atoms with Crippen LogP contribution in [0, 0.1) is 5.92 Å². The number of benzene rings is 1. The quantitative estimate of drug-likeness (QED) is 0.909. The first-order valence-electron chi connectivity index (χ1n) is 7.61. The Morgan fingerprint density at radius 1 is 1.25 bits per heavy atom. The Morgan fingerprint density at radius 2 is 2.10 bits per heavy atom. The largest absolute Gasteiger partial charge is 0.371 e. The van der Waals surface area contributed by atoms with E-state index in [-0.39, 0.29) is 0 Å². The highest BCUT2D eigenvalue weighted by Crippen LogP contribution is 2.29. The molecule has 0 saturated carbocycles. The van der Waals surface area contributed by atoms with Gasteiger partial charge >= 0.3 is 0 Å². The first-order chi connectivity index (χ1) is 9.78. The maximum absolute atomic E-state index is 5.81. The van der Waals surface area contributed by atoms with Crippen molar-refractivity contribution in [3.63, 3.8) is 0 Å². The van der Waals surface area contributed by atoms with E-state index in [0.29, 0.717) is 6.54 Å². The van der Waals surface area contributed by atoms with Crippen LogP contribution in [-0.4, -0.2) is 18.1 Å². The summed E-state index contributed by atoms with van der Waals surface area (Å²) in [5.74, 6) is 0.835. The van der Waals surface area contributed by atoms with Gasteiger partial charge in [0, 0.05) is 30.7 Å². The summed E-state index contributed by atoms with van der Waals surface area (Å²) in [6.45, 7) is 5.14. The van der Waals surface area contributed by atoms with Crippen molar-refractivity contribution >= 4 is 16.6 Å². The lowest BCUT2D eigenvalue weighted by atomic mass is 10.0. The highest BCUT2D eigenvalue weighted by Gasteiger charge is 2.17. The first-order valence-corrected chi connectivity index (χ1v) is 7.61. The molecule has 1 aliphatic rings. The molecule has 1 fully saturated rings. The summed E-state index contributed by atoms with van der Waals surface area (Å²) in [5, 5.41) is 1.25. The second kappa shape index (κ2) is 5.80. The second-order valence-corrected chi connectivity index (χ2v) is 5.88. The minimum atomic E-state index is 0.502. The molecule has 0 bridgehead atoms. The minimum absolute atomic E-state index is 0.502. The molecule has 0 radical (unpaired) electrons. The highest BCUT2D eigenvalue weighted by molar-refractivity contribution is 5.92. The Labute approximate surface area is 120 Å². The van der Waals surface area contributed by atoms with Crippen molar-refractivity contribution < 1.29 is 0 Å². The fourth-order valence-corrected chi connectivity index (χ4v) is 3.08. The molecule has 1 aliphatic heterocycles. The molecule has 1 atom stereocenters. The molecule has 2 aromatic rings. The third-order valence-electron chi connectivity index (χ3n) is 4.31. The zero-order valence-electron chi connectivity index (χ0n) is 12.2. The van der Waals surface area contributed by atoms with Gasteiger partial charge in [0.1, 0.15) is 0 Å². The van der Waals surface area contributed by atoms with Crippen LogP contribution in [-0.2, 0) is 6.54 Å². The molecule has 0 spiro atoms. The fourth-order valence-electron chi connectivity index (χ4n) is 3.08. The molecule has 0 aliphatic carbocycles. The van der Waals surface area contributed by atoms with Crippen LogP contribution in [0.5, 0.6) is 0 Å². The summed E-state index contributed by atoms with van der Waals surface area (Å²) in [6.07, 6.45) is 3.88. The molecule has 2 N–H and O–H groups in total. The van der Waals surface area contributed by atoms with E-state index in [0.717, 1.165) is 30.2 Å². The maximum atomic E-state index is 5.81. The number of aromatic nitrogens is 1. The van der Waals surface area contributed by atoms with Crippen molar-refractivity contribution in [3.8, 4) is 0 Å². The number of fused-ring (bicyclic) bond motifs is 1. The van der Waals surface area contributed by atoms with Crippen molar-refractivity contribution in [3.05, 3.63) is 36.0 Å². The Bertz CT molecular complexity index is 594. The molecule has 0 amide bonds. The molecule has 3 heteroatoms. The van der Waals surface area contributed by atoms with Gasteiger partial charge in [-0.15, -0.1) is 0 Å². The van der Waals surface area contributed by atoms with E-state index in [4.69, 9.17) is 5.73 Å². The van der Waals surface area contributed by atoms with Crippen LogP contribution in [0.25, 0.3) is 10.9 Å². The number of nitrogens with zero attached hydrogens (tertiary/aromatic N) is 2. The van der Waals surface area contributed by atoms with Gasteiger partial charge in [-0.25, -0.2) is 0 Å². The normalized spacial score (nSPS) is 20.1. The van der Waals surface area contributed by atoms with Gasteiger partial charge < -0.3 is 10.6 Å². The Kier molecular flexibility index (Phi) is 3.88. The Balaban J connectivity index is 2.04. The number of rotatable bonds is 2. The van der Waals surface area contributed by atoms with Gasteiger partial charge in [-0.1, -0.05) is 25.1 Å². The zero-order chi connectivity index (χ0) is 13.9. The number of pyridine rings is 1. The number of anilines is 1. The van der Waals surface area contributed by atoms with E-state index in [1.54, 1.807) is 0 Å². The van der Waals surface area contributed by atoms with E-state index >= 15 is 0 Å². The molecule has 2 heterocycles. The first kappa shape index (κ1) is 13.4. The van der Waals surface area contributed by atoms with Gasteiger partial charge in [0.05, 0.1) is 11.2 Å². The average molecular weight is 269 g/mol. The van der Waals surface area contributed by atoms with Crippen LogP contribution >= 0.6 is 0 Å². The summed E-state index contributed by atoms with van der Waals surface area (Å²) >= 11 is 0. The molecule has 1 saturated heterocycles. The zero-order valence-corrected chi connectivity index (χ0v) is 12.2. The van der Waals surface area contributed by atoms with Gasteiger partial charge in [-0.3, -0.25) is 4.98 Å². The van der Waals surface area contributed by atoms with Crippen molar-refractivity contribution in [2.75, 3.05) is 18.0 Å². The minimum Gasteiger partial charge on any atom is -0.371 e. The van der Waals surface area contributed by atoms with Crippen LogP contribution in [0.1, 0.15) is 31.9 Å². The highest BCUT2D eigenvalue weighted by atomic mass is 15.1. The number of para-hydroxylation sites is 1. The van der Waals surface area contributed by atoms with Gasteiger partial charge in [0.2, 0.25) is 0 Å². The Morgan fingerprint density at radius 3 is 2.95 bits per heavy atom. The van der Waals surface area contributed by atoms with E-state index in [1.165, 1.54) is 30.3 Å². The predicted molar refractivity (Wildman–Crippen MR) is 84.9 cm³/mol. The molecule has 106 valence electrons. The van der Waals surface area contributed by atoms with Crippen molar-refractivity contribution in [2.45, 2.75) is 32.7 Å². The van der Waals surface area contributed by atoms with Crippen molar-refractivity contribution in [2.24, 2.45) is 11.7 Å². The standard InChI is InChI=1S/C17H23N3/c1-13-5-4-9-20(10-8-13)17-11-14(12-18)19-16-7-3-2-6-15(16)17/h2-3,6-7,11,13H,4-5,8-10,12,18H2,1H3. The number of hydrogen-bond acceptors (Lipinski definition) is 3. The number of nitrogens with two attached hydrogens (primary N) is 1. The van der Waals surface area contributed by atoms with Gasteiger partial charge in [-0.05, 0) is 37.3 Å². The predicted octanol–water partition coefficient (Wildman–Crippen LogP) is 3.32. The van der Waals surface area contributed by atoms with E-state index < -0.39 is 0 Å². The van der Waals surface area contributed by atoms with E-state index in [2.05, 4.69) is 41.1 Å². The second-order valence-electron chi connectivity index (χ2n) is 5.88. The average Bonchev–Trinajstić information content (AvgIpc) is 2.71. The third-order valence-corrected chi connectivity index (χ3v) is 4.31. The van der Waals surface area contributed by atoms with Gasteiger partial charge in [0.15, 0.2) is 0 Å². The third kappa shape index (κ3) is 2.63. The molecular weight excluding hydrogens is 246 g/mol. The molecule has 3 rings (SSSR count). The Hall–Kier alpha value is -1.61. The lowest BCUT2D eigenvalue weighted by Crippen LogP contribution is -2.24. The number of hydrogen-bond donors (Lipinski definition) is 1. The molecular formula is C17H23N3. The SMILES string of the molecule is CC1CCCN(c2cc(CN)nc3ccccc23)CC1. The molecule has 1 unspecified atom stereocenters. The van der Waals surface area contributed by atoms with E-state index in [1.807, 2.05) is 6.07 Å². The summed E-state index contributed by atoms with van der Waals surface area (Å²) in [7, 11) is 0. The van der Waals surface area contributed by atoms with Crippen LogP contribution in [0.2, 0.25) is 0 Å². The summed E-state index contributed by atoms with van der Waals surface area (Å²) in [4.78, 5) is 7.16. The smallest absolute Gasteiger partial charge is 0.0726 e. The lowest BCUT2D eigenvalue weighted by Gasteiger charge is -2.25. The molecule has 1 aromatic heterocycles. The fraction of sp³-hybridized carbons (Fsp3) is 0.471. The molecule has 3 nitrogen and oxygen atoms in total. The van der Waals surface area contributed by atoms with Crippen LogP contribution in [0.3, 0.4) is 0 Å².